The number of aromatic nitrogens is 1. The van der Waals surface area contributed by atoms with Crippen LogP contribution in [0.3, 0.4) is 0 Å². The fourth-order valence-corrected chi connectivity index (χ4v) is 3.71. The third-order valence-electron chi connectivity index (χ3n) is 5.55. The predicted molar refractivity (Wildman–Crippen MR) is 104 cm³/mol. The lowest BCUT2D eigenvalue weighted by molar-refractivity contribution is -0.261. The number of anilines is 1. The minimum Gasteiger partial charge on any atom is -0.493 e. The summed E-state index contributed by atoms with van der Waals surface area (Å²) in [5, 5.41) is 20.8. The van der Waals surface area contributed by atoms with Crippen LogP contribution in [0.25, 0.3) is 0 Å². The van der Waals surface area contributed by atoms with Gasteiger partial charge in [-0.05, 0) is 25.5 Å². The smallest absolute Gasteiger partial charge is 0.417 e. The summed E-state index contributed by atoms with van der Waals surface area (Å²) in [7, 11) is 0.982. The van der Waals surface area contributed by atoms with Crippen molar-refractivity contribution >= 4 is 11.6 Å². The molecule has 1 aromatic heterocycles. The van der Waals surface area contributed by atoms with Crippen molar-refractivity contribution < 1.29 is 50.8 Å². The van der Waals surface area contributed by atoms with Crippen molar-refractivity contribution in [2.75, 3.05) is 19.0 Å². The highest BCUT2D eigenvalue weighted by Crippen LogP contribution is 2.51. The first kappa shape index (κ1) is 25.7. The molecule has 3 N–H and O–H groups in total. The van der Waals surface area contributed by atoms with E-state index < -0.39 is 77.7 Å². The average molecular weight is 494 g/mol. The van der Waals surface area contributed by atoms with Crippen LogP contribution >= 0.6 is 0 Å². The third kappa shape index (κ3) is 4.68. The lowest BCUT2D eigenvalue weighted by Gasteiger charge is -2.27. The topological polar surface area (TPSA) is 101 Å². The van der Waals surface area contributed by atoms with E-state index in [-0.39, 0.29) is 11.3 Å². The number of nitrogens with zero attached hydrogens (tertiary/aromatic N) is 1. The van der Waals surface area contributed by atoms with E-state index in [1.54, 1.807) is 0 Å². The molecule has 1 fully saturated rings. The van der Waals surface area contributed by atoms with Crippen molar-refractivity contribution in [3.05, 3.63) is 53.1 Å². The lowest BCUT2D eigenvalue weighted by Crippen LogP contribution is -2.43. The number of halogens is 6. The molecule has 13 heteroatoms. The van der Waals surface area contributed by atoms with Gasteiger partial charge in [-0.1, -0.05) is 6.07 Å². The molecule has 3 rings (SSSR count). The van der Waals surface area contributed by atoms with E-state index in [0.29, 0.717) is 19.2 Å². The molecule has 0 aliphatic carbocycles. The highest BCUT2D eigenvalue weighted by Gasteiger charge is 2.61. The minimum atomic E-state index is -4.94. The molecule has 4 atom stereocenters. The quantitative estimate of drug-likeness (QED) is 0.533. The zero-order chi connectivity index (χ0) is 25.4. The van der Waals surface area contributed by atoms with Gasteiger partial charge in [0, 0.05) is 11.5 Å². The van der Waals surface area contributed by atoms with Gasteiger partial charge in [-0.25, -0.2) is 8.78 Å². The molecule has 0 saturated carbocycles. The standard InChI is InChI=1S/C21H20F6N2O5/c1-20(21(25,26)27)6-10(9-3-4-11(22)16(24)17(9)33-2)18(34-20)19(32)29-13-5-14(15(31)8-30)28-7-12(13)23/h3-5,7,10,15,18,30-31H,6,8H2,1-2H3,(H,28,29,32)/t10-,15+,18+,20+/m1/s1. The first-order valence-electron chi connectivity index (χ1n) is 9.84. The van der Waals surface area contributed by atoms with E-state index >= 15 is 0 Å². The highest BCUT2D eigenvalue weighted by atomic mass is 19.4. The van der Waals surface area contributed by atoms with Crippen LogP contribution in [0.5, 0.6) is 5.75 Å². The van der Waals surface area contributed by atoms with Gasteiger partial charge in [0.25, 0.3) is 5.91 Å². The summed E-state index contributed by atoms with van der Waals surface area (Å²) in [4.78, 5) is 16.5. The highest BCUT2D eigenvalue weighted by molar-refractivity contribution is 5.95. The maximum Gasteiger partial charge on any atom is 0.417 e. The second-order valence-corrected chi connectivity index (χ2v) is 7.84. The van der Waals surface area contributed by atoms with Crippen LogP contribution in [0.15, 0.2) is 24.4 Å². The number of hydrogen-bond donors (Lipinski definition) is 3. The van der Waals surface area contributed by atoms with Crippen LogP contribution in [-0.4, -0.2) is 52.7 Å². The van der Waals surface area contributed by atoms with E-state index in [9.17, 15) is 36.2 Å². The summed E-state index contributed by atoms with van der Waals surface area (Å²) in [5.41, 5.74) is -3.86. The summed E-state index contributed by atoms with van der Waals surface area (Å²) in [6, 6.07) is 2.55. The van der Waals surface area contributed by atoms with Crippen molar-refractivity contribution in [2.45, 2.75) is 43.2 Å². The van der Waals surface area contributed by atoms with Crippen LogP contribution in [0.2, 0.25) is 0 Å². The number of pyridine rings is 1. The molecule has 1 saturated heterocycles. The number of benzene rings is 1. The Balaban J connectivity index is 2.02. The van der Waals surface area contributed by atoms with E-state index in [1.165, 1.54) is 0 Å². The minimum absolute atomic E-state index is 0.217. The summed E-state index contributed by atoms with van der Waals surface area (Å²) < 4.78 is 93.2. The van der Waals surface area contributed by atoms with Gasteiger partial charge >= 0.3 is 6.18 Å². The Hall–Kier alpha value is -2.90. The number of carbonyl (C=O) groups is 1. The van der Waals surface area contributed by atoms with Crippen molar-refractivity contribution in [3.63, 3.8) is 0 Å². The number of aliphatic hydroxyl groups is 2. The van der Waals surface area contributed by atoms with E-state index in [4.69, 9.17) is 14.6 Å². The van der Waals surface area contributed by atoms with Gasteiger partial charge in [-0.15, -0.1) is 0 Å². The Morgan fingerprint density at radius 1 is 1.32 bits per heavy atom. The first-order valence-corrected chi connectivity index (χ1v) is 9.84. The van der Waals surface area contributed by atoms with Gasteiger partial charge in [0.2, 0.25) is 5.82 Å². The van der Waals surface area contributed by atoms with Gasteiger partial charge < -0.3 is 25.0 Å². The van der Waals surface area contributed by atoms with Crippen molar-refractivity contribution in [3.8, 4) is 5.75 Å². The number of amides is 1. The Morgan fingerprint density at radius 2 is 2.00 bits per heavy atom. The summed E-state index contributed by atoms with van der Waals surface area (Å²) in [6.45, 7) is -0.0674. The van der Waals surface area contributed by atoms with Gasteiger partial charge in [0.05, 0.1) is 31.3 Å². The molecule has 1 aliphatic heterocycles. The predicted octanol–water partition coefficient (Wildman–Crippen LogP) is 3.37. The molecule has 34 heavy (non-hydrogen) atoms. The van der Waals surface area contributed by atoms with E-state index in [2.05, 4.69) is 10.3 Å². The van der Waals surface area contributed by atoms with Crippen LogP contribution < -0.4 is 10.1 Å². The normalized spacial score (nSPS) is 23.6. The van der Waals surface area contributed by atoms with Gasteiger partial charge in [0.1, 0.15) is 12.2 Å². The number of methoxy groups -OCH3 is 1. The zero-order valence-electron chi connectivity index (χ0n) is 17.8. The molecule has 1 aromatic carbocycles. The molecular formula is C21H20F6N2O5. The third-order valence-corrected chi connectivity index (χ3v) is 5.55. The van der Waals surface area contributed by atoms with Crippen molar-refractivity contribution in [1.29, 1.82) is 0 Å². The Labute approximate surface area is 189 Å². The Kier molecular flexibility index (Phi) is 7.10. The molecule has 7 nitrogen and oxygen atoms in total. The van der Waals surface area contributed by atoms with Gasteiger partial charge in [-0.2, -0.15) is 17.6 Å². The molecule has 1 amide bonds. The lowest BCUT2D eigenvalue weighted by atomic mass is 9.85. The monoisotopic (exact) mass is 494 g/mol. The van der Waals surface area contributed by atoms with Crippen LogP contribution in [0, 0.1) is 17.5 Å². The fourth-order valence-electron chi connectivity index (χ4n) is 3.71. The summed E-state index contributed by atoms with van der Waals surface area (Å²) >= 11 is 0. The van der Waals surface area contributed by atoms with Crippen LogP contribution in [0.1, 0.15) is 36.6 Å². The second kappa shape index (κ2) is 9.39. The van der Waals surface area contributed by atoms with Crippen LogP contribution in [0.4, 0.5) is 32.0 Å². The molecule has 0 spiro atoms. The number of carbonyl (C=O) groups excluding carboxylic acids is 1. The average Bonchev–Trinajstić information content (AvgIpc) is 3.15. The van der Waals surface area contributed by atoms with Crippen molar-refractivity contribution in [2.24, 2.45) is 0 Å². The van der Waals surface area contributed by atoms with E-state index in [0.717, 1.165) is 19.2 Å². The second-order valence-electron chi connectivity index (χ2n) is 7.84. The van der Waals surface area contributed by atoms with Crippen LogP contribution in [-0.2, 0) is 9.53 Å². The molecule has 0 bridgehead atoms. The molecule has 186 valence electrons. The van der Waals surface area contributed by atoms with Gasteiger partial charge in [0.15, 0.2) is 23.0 Å². The maximum atomic E-state index is 14.3. The molecule has 1 aliphatic rings. The maximum absolute atomic E-state index is 14.3. The number of aliphatic hydroxyl groups excluding tert-OH is 2. The SMILES string of the molecule is COc1c([C@H]2C[C@@](C)(C(F)(F)F)O[C@@H]2C(=O)Nc2cc([C@@H](O)CO)ncc2F)ccc(F)c1F. The molecule has 2 aromatic rings. The Bertz CT molecular complexity index is 1080. The molecular weight excluding hydrogens is 474 g/mol. The number of alkyl halides is 3. The number of hydrogen-bond acceptors (Lipinski definition) is 6. The fraction of sp³-hybridized carbons (Fsp3) is 0.429. The first-order chi connectivity index (χ1) is 15.8. The number of rotatable bonds is 6. The molecule has 2 heterocycles. The number of ether oxygens (including phenoxy) is 2. The van der Waals surface area contributed by atoms with Gasteiger partial charge in [-0.3, -0.25) is 9.78 Å². The van der Waals surface area contributed by atoms with Crippen molar-refractivity contribution in [1.82, 2.24) is 4.98 Å². The summed E-state index contributed by atoms with van der Waals surface area (Å²) in [6.07, 6.45) is -8.57. The zero-order valence-corrected chi connectivity index (χ0v) is 17.8. The largest absolute Gasteiger partial charge is 0.493 e. The molecule has 0 unspecified atom stereocenters. The van der Waals surface area contributed by atoms with E-state index in [1.807, 2.05) is 0 Å². The summed E-state index contributed by atoms with van der Waals surface area (Å²) in [5.74, 6) is -7.22. The molecule has 0 radical (unpaired) electrons. The number of nitrogens with one attached hydrogen (secondary N) is 1. The Morgan fingerprint density at radius 3 is 2.59 bits per heavy atom.